The normalized spacial score (nSPS) is 7.44. The molecule has 0 aromatic heterocycles. The largest absolute Gasteiger partial charge is 0.480 e. The molecular formula is C4H13N3O2. The van der Waals surface area contributed by atoms with Gasteiger partial charge in [0.05, 0.1) is 6.54 Å². The molecule has 0 fully saturated rings. The molecule has 0 aliphatic rings. The maximum absolute atomic E-state index is 9.24. The Morgan fingerprint density at radius 1 is 1.22 bits per heavy atom. The maximum atomic E-state index is 9.24. The summed E-state index contributed by atoms with van der Waals surface area (Å²) >= 11 is 0. The highest BCUT2D eigenvalue weighted by Gasteiger charge is 1.81. The van der Waals surface area contributed by atoms with E-state index in [4.69, 9.17) is 16.6 Å². The quantitative estimate of drug-likeness (QED) is 0.347. The molecule has 0 saturated carbocycles. The van der Waals surface area contributed by atoms with Crippen LogP contribution in [0.4, 0.5) is 0 Å². The second-order valence-electron chi connectivity index (χ2n) is 1.18. The first-order valence-corrected chi connectivity index (χ1v) is 2.51. The molecule has 5 nitrogen and oxygen atoms in total. The van der Waals surface area contributed by atoms with E-state index in [0.717, 1.165) is 0 Å². The number of carbonyl (C=O) groups is 1. The SMILES string of the molecule is NCC(=O)O.NCCN. The number of aliphatic carboxylic acids is 1. The summed E-state index contributed by atoms with van der Waals surface area (Å²) < 4.78 is 0. The van der Waals surface area contributed by atoms with E-state index in [1.165, 1.54) is 0 Å². The van der Waals surface area contributed by atoms with Crippen LogP contribution in [-0.2, 0) is 4.79 Å². The Balaban J connectivity index is 0. The molecule has 0 rings (SSSR count). The molecule has 0 aromatic rings. The highest BCUT2D eigenvalue weighted by Crippen LogP contribution is 1.43. The van der Waals surface area contributed by atoms with Crippen molar-refractivity contribution < 1.29 is 9.90 Å². The van der Waals surface area contributed by atoms with E-state index >= 15 is 0 Å². The number of rotatable bonds is 2. The number of hydrogen-bond donors (Lipinski definition) is 4. The van der Waals surface area contributed by atoms with Crippen molar-refractivity contribution in [2.24, 2.45) is 17.2 Å². The van der Waals surface area contributed by atoms with Crippen molar-refractivity contribution in [1.29, 1.82) is 0 Å². The van der Waals surface area contributed by atoms with Crippen molar-refractivity contribution in [1.82, 2.24) is 0 Å². The molecule has 0 atom stereocenters. The van der Waals surface area contributed by atoms with Crippen LogP contribution in [0.1, 0.15) is 0 Å². The first-order chi connectivity index (χ1) is 4.18. The van der Waals surface area contributed by atoms with Gasteiger partial charge >= 0.3 is 5.97 Å². The molecule has 0 radical (unpaired) electrons. The van der Waals surface area contributed by atoms with Crippen LogP contribution in [0.15, 0.2) is 0 Å². The van der Waals surface area contributed by atoms with Gasteiger partial charge in [0.1, 0.15) is 0 Å². The van der Waals surface area contributed by atoms with Crippen molar-refractivity contribution in [3.8, 4) is 0 Å². The lowest BCUT2D eigenvalue weighted by Crippen LogP contribution is -2.11. The van der Waals surface area contributed by atoms with Crippen molar-refractivity contribution in [2.75, 3.05) is 19.6 Å². The fourth-order valence-electron chi connectivity index (χ4n) is 0. The summed E-state index contributed by atoms with van der Waals surface area (Å²) in [6, 6.07) is 0. The molecule has 56 valence electrons. The summed E-state index contributed by atoms with van der Waals surface area (Å²) in [5, 5.41) is 7.60. The molecule has 5 heteroatoms. The molecule has 0 spiro atoms. The van der Waals surface area contributed by atoms with Crippen LogP contribution < -0.4 is 17.2 Å². The van der Waals surface area contributed by atoms with Gasteiger partial charge < -0.3 is 22.3 Å². The average molecular weight is 135 g/mol. The van der Waals surface area contributed by atoms with E-state index in [-0.39, 0.29) is 6.54 Å². The zero-order valence-electron chi connectivity index (χ0n) is 5.21. The van der Waals surface area contributed by atoms with E-state index in [1.54, 1.807) is 0 Å². The zero-order chi connectivity index (χ0) is 7.70. The fraction of sp³-hybridized carbons (Fsp3) is 0.750. The highest BCUT2D eigenvalue weighted by atomic mass is 16.4. The Kier molecular flexibility index (Phi) is 12.9. The van der Waals surface area contributed by atoms with Gasteiger partial charge in [0, 0.05) is 13.1 Å². The second-order valence-corrected chi connectivity index (χ2v) is 1.18. The van der Waals surface area contributed by atoms with Crippen LogP contribution in [0.3, 0.4) is 0 Å². The summed E-state index contributed by atoms with van der Waals surface area (Å²) in [5.41, 5.74) is 14.4. The van der Waals surface area contributed by atoms with E-state index in [1.807, 2.05) is 0 Å². The first-order valence-electron chi connectivity index (χ1n) is 2.51. The van der Waals surface area contributed by atoms with Crippen LogP contribution in [0.2, 0.25) is 0 Å². The number of nitrogens with two attached hydrogens (primary N) is 3. The van der Waals surface area contributed by atoms with Gasteiger partial charge in [0.25, 0.3) is 0 Å². The third-order valence-electron chi connectivity index (χ3n) is 0.341. The summed E-state index contributed by atoms with van der Waals surface area (Å²) in [6.07, 6.45) is 0. The van der Waals surface area contributed by atoms with Gasteiger partial charge in [-0.1, -0.05) is 0 Å². The summed E-state index contributed by atoms with van der Waals surface area (Å²) in [6.45, 7) is 0.917. The van der Waals surface area contributed by atoms with Crippen molar-refractivity contribution >= 4 is 5.97 Å². The maximum Gasteiger partial charge on any atom is 0.317 e. The molecule has 0 aromatic carbocycles. The van der Waals surface area contributed by atoms with Crippen LogP contribution in [-0.4, -0.2) is 30.7 Å². The van der Waals surface area contributed by atoms with E-state index in [2.05, 4.69) is 5.73 Å². The molecule has 0 saturated heterocycles. The minimum Gasteiger partial charge on any atom is -0.480 e. The number of carboxylic acid groups (broad SMARTS) is 1. The molecular weight excluding hydrogens is 122 g/mol. The minimum absolute atomic E-state index is 0.278. The lowest BCUT2D eigenvalue weighted by Gasteiger charge is -1.73. The fourth-order valence-corrected chi connectivity index (χ4v) is 0. The van der Waals surface area contributed by atoms with Crippen molar-refractivity contribution in [3.05, 3.63) is 0 Å². The van der Waals surface area contributed by atoms with Gasteiger partial charge in [-0.3, -0.25) is 4.79 Å². The highest BCUT2D eigenvalue weighted by molar-refractivity contribution is 5.68. The number of hydrogen-bond acceptors (Lipinski definition) is 4. The third-order valence-corrected chi connectivity index (χ3v) is 0.341. The van der Waals surface area contributed by atoms with Crippen LogP contribution in [0.5, 0.6) is 0 Å². The van der Waals surface area contributed by atoms with Crippen molar-refractivity contribution in [3.63, 3.8) is 0 Å². The lowest BCUT2D eigenvalue weighted by molar-refractivity contribution is -0.135. The summed E-state index contributed by atoms with van der Waals surface area (Å²) in [4.78, 5) is 9.24. The zero-order valence-corrected chi connectivity index (χ0v) is 5.21. The Labute approximate surface area is 53.8 Å². The molecule has 0 heterocycles. The molecule has 0 aliphatic carbocycles. The monoisotopic (exact) mass is 135 g/mol. The molecule has 0 bridgehead atoms. The predicted molar refractivity (Wildman–Crippen MR) is 34.8 cm³/mol. The van der Waals surface area contributed by atoms with Gasteiger partial charge in [0.2, 0.25) is 0 Å². The minimum atomic E-state index is -0.968. The first kappa shape index (κ1) is 11.2. The third kappa shape index (κ3) is 38.1. The van der Waals surface area contributed by atoms with Crippen LogP contribution in [0.25, 0.3) is 0 Å². The van der Waals surface area contributed by atoms with Gasteiger partial charge in [-0.2, -0.15) is 0 Å². The van der Waals surface area contributed by atoms with Crippen LogP contribution in [0, 0.1) is 0 Å². The number of carboxylic acids is 1. The second kappa shape index (κ2) is 10.4. The smallest absolute Gasteiger partial charge is 0.317 e. The Morgan fingerprint density at radius 2 is 1.44 bits per heavy atom. The average Bonchev–Trinajstić information content (AvgIpc) is 1.89. The Morgan fingerprint density at radius 3 is 1.44 bits per heavy atom. The molecule has 7 N–H and O–H groups in total. The van der Waals surface area contributed by atoms with E-state index in [9.17, 15) is 4.79 Å². The Hall–Kier alpha value is -0.650. The lowest BCUT2D eigenvalue weighted by atomic mass is 10.7. The molecule has 9 heavy (non-hydrogen) atoms. The Bertz CT molecular complexity index is 64.8. The van der Waals surface area contributed by atoms with E-state index in [0.29, 0.717) is 13.1 Å². The predicted octanol–water partition coefficient (Wildman–Crippen LogP) is -2.07. The van der Waals surface area contributed by atoms with Crippen LogP contribution >= 0.6 is 0 Å². The molecule has 0 unspecified atom stereocenters. The van der Waals surface area contributed by atoms with Gasteiger partial charge in [0.15, 0.2) is 0 Å². The van der Waals surface area contributed by atoms with Crippen molar-refractivity contribution in [2.45, 2.75) is 0 Å². The molecule has 0 aliphatic heterocycles. The van der Waals surface area contributed by atoms with Gasteiger partial charge in [-0.25, -0.2) is 0 Å². The van der Waals surface area contributed by atoms with Gasteiger partial charge in [-0.15, -0.1) is 0 Å². The molecule has 0 amide bonds. The van der Waals surface area contributed by atoms with E-state index < -0.39 is 5.97 Å². The van der Waals surface area contributed by atoms with Gasteiger partial charge in [-0.05, 0) is 0 Å². The topological polar surface area (TPSA) is 115 Å². The summed E-state index contributed by atoms with van der Waals surface area (Å²) in [7, 11) is 0. The standard InChI is InChI=1S/C2H8N2.C2H5NO2/c3-1-2-4;3-1-2(4)5/h1-4H2;1,3H2,(H,4,5). The summed E-state index contributed by atoms with van der Waals surface area (Å²) in [5.74, 6) is -0.968.